The molecule has 1 heterocycles. The minimum atomic E-state index is -3.57. The van der Waals surface area contributed by atoms with Gasteiger partial charge >= 0.3 is 0 Å². The predicted molar refractivity (Wildman–Crippen MR) is 97.4 cm³/mol. The van der Waals surface area contributed by atoms with E-state index in [9.17, 15) is 12.8 Å². The summed E-state index contributed by atoms with van der Waals surface area (Å²) < 4.78 is 40.9. The van der Waals surface area contributed by atoms with E-state index < -0.39 is 10.0 Å². The first-order valence-electron chi connectivity index (χ1n) is 8.57. The van der Waals surface area contributed by atoms with Crippen LogP contribution in [0.25, 0.3) is 0 Å². The maximum Gasteiger partial charge on any atom is 0.243 e. The highest BCUT2D eigenvalue weighted by Crippen LogP contribution is 2.37. The molecule has 0 aromatic heterocycles. The summed E-state index contributed by atoms with van der Waals surface area (Å²) in [6.45, 7) is 6.79. The van der Waals surface area contributed by atoms with Crippen molar-refractivity contribution >= 4 is 10.0 Å². The summed E-state index contributed by atoms with van der Waals surface area (Å²) in [7, 11) is -3.57. The second-order valence-electron chi connectivity index (χ2n) is 7.60. The molecule has 1 saturated heterocycles. The molecule has 3 rings (SSSR count). The Morgan fingerprint density at radius 1 is 1.00 bits per heavy atom. The molecule has 25 heavy (non-hydrogen) atoms. The zero-order chi connectivity index (χ0) is 18.2. The van der Waals surface area contributed by atoms with Crippen LogP contribution in [0.5, 0.6) is 0 Å². The molecular formula is C20H24FNO2S. The van der Waals surface area contributed by atoms with Gasteiger partial charge in [-0.1, -0.05) is 45.0 Å². The van der Waals surface area contributed by atoms with Gasteiger partial charge in [0.05, 0.1) is 10.9 Å². The highest BCUT2D eigenvalue weighted by molar-refractivity contribution is 7.89. The zero-order valence-corrected chi connectivity index (χ0v) is 15.7. The largest absolute Gasteiger partial charge is 0.243 e. The first-order chi connectivity index (χ1) is 11.7. The van der Waals surface area contributed by atoms with Crippen LogP contribution in [0, 0.1) is 5.82 Å². The molecule has 1 atom stereocenters. The standard InChI is InChI=1S/C20H24FNO2S/c1-20(2,3)16-8-12-18(13-9-16)25(23,24)22-14-4-5-19(22)15-6-10-17(21)11-7-15/h6-13,19H,4-5,14H2,1-3H3/t19-/m0/s1. The van der Waals surface area contributed by atoms with Gasteiger partial charge in [0.2, 0.25) is 10.0 Å². The van der Waals surface area contributed by atoms with Crippen molar-refractivity contribution < 1.29 is 12.8 Å². The van der Waals surface area contributed by atoms with E-state index >= 15 is 0 Å². The Hall–Kier alpha value is -1.72. The lowest BCUT2D eigenvalue weighted by atomic mass is 9.87. The van der Waals surface area contributed by atoms with E-state index in [1.807, 2.05) is 12.1 Å². The van der Waals surface area contributed by atoms with Gasteiger partial charge in [0.15, 0.2) is 0 Å². The molecule has 134 valence electrons. The van der Waals surface area contributed by atoms with Crippen molar-refractivity contribution in [2.75, 3.05) is 6.54 Å². The SMILES string of the molecule is CC(C)(C)c1ccc(S(=O)(=O)N2CCC[C@H]2c2ccc(F)cc2)cc1. The molecule has 3 nitrogen and oxygen atoms in total. The first-order valence-corrected chi connectivity index (χ1v) is 10.0. The molecule has 1 aliphatic rings. The van der Waals surface area contributed by atoms with Crippen LogP contribution in [-0.2, 0) is 15.4 Å². The molecule has 0 saturated carbocycles. The van der Waals surface area contributed by atoms with Gasteiger partial charge in [-0.2, -0.15) is 4.31 Å². The maximum atomic E-state index is 13.2. The normalized spacial score (nSPS) is 19.3. The van der Waals surface area contributed by atoms with Gasteiger partial charge in [0, 0.05) is 6.54 Å². The molecule has 0 aliphatic carbocycles. The summed E-state index contributed by atoms with van der Waals surface area (Å²) in [6.07, 6.45) is 1.56. The summed E-state index contributed by atoms with van der Waals surface area (Å²) >= 11 is 0. The molecule has 5 heteroatoms. The lowest BCUT2D eigenvalue weighted by Crippen LogP contribution is -2.30. The van der Waals surface area contributed by atoms with Crippen LogP contribution in [0.15, 0.2) is 53.4 Å². The molecular weight excluding hydrogens is 337 g/mol. The van der Waals surface area contributed by atoms with Gasteiger partial charge < -0.3 is 0 Å². The maximum absolute atomic E-state index is 13.2. The van der Waals surface area contributed by atoms with Crippen LogP contribution in [0.1, 0.15) is 50.8 Å². The van der Waals surface area contributed by atoms with E-state index in [2.05, 4.69) is 20.8 Å². The van der Waals surface area contributed by atoms with Gasteiger partial charge in [-0.15, -0.1) is 0 Å². The van der Waals surface area contributed by atoms with Crippen LogP contribution >= 0.6 is 0 Å². The smallest absolute Gasteiger partial charge is 0.207 e. The Morgan fingerprint density at radius 2 is 1.60 bits per heavy atom. The van der Waals surface area contributed by atoms with E-state index in [4.69, 9.17) is 0 Å². The Bertz CT molecular complexity index is 837. The molecule has 0 amide bonds. The molecule has 0 unspecified atom stereocenters. The van der Waals surface area contributed by atoms with E-state index in [0.29, 0.717) is 11.4 Å². The molecule has 1 fully saturated rings. The van der Waals surface area contributed by atoms with E-state index in [1.165, 1.54) is 12.1 Å². The number of benzene rings is 2. The van der Waals surface area contributed by atoms with Crippen LogP contribution in [-0.4, -0.2) is 19.3 Å². The van der Waals surface area contributed by atoms with Gasteiger partial charge in [0.1, 0.15) is 5.82 Å². The van der Waals surface area contributed by atoms with E-state index in [1.54, 1.807) is 28.6 Å². The topological polar surface area (TPSA) is 37.4 Å². The Kier molecular flexibility index (Phi) is 4.73. The van der Waals surface area contributed by atoms with Crippen LogP contribution in [0.4, 0.5) is 4.39 Å². The molecule has 0 spiro atoms. The van der Waals surface area contributed by atoms with Crippen molar-refractivity contribution in [2.45, 2.75) is 50.0 Å². The minimum Gasteiger partial charge on any atom is -0.207 e. The third-order valence-electron chi connectivity index (χ3n) is 4.79. The van der Waals surface area contributed by atoms with Crippen LogP contribution < -0.4 is 0 Å². The fourth-order valence-corrected chi connectivity index (χ4v) is 4.99. The highest BCUT2D eigenvalue weighted by Gasteiger charge is 2.36. The lowest BCUT2D eigenvalue weighted by Gasteiger charge is -2.25. The van der Waals surface area contributed by atoms with E-state index in [-0.39, 0.29) is 17.3 Å². The van der Waals surface area contributed by atoms with Crippen molar-refractivity contribution in [1.82, 2.24) is 4.31 Å². The average molecular weight is 361 g/mol. The Morgan fingerprint density at radius 3 is 2.16 bits per heavy atom. The second-order valence-corrected chi connectivity index (χ2v) is 9.49. The third-order valence-corrected chi connectivity index (χ3v) is 6.71. The second kappa shape index (κ2) is 6.54. The van der Waals surface area contributed by atoms with E-state index in [0.717, 1.165) is 24.0 Å². The summed E-state index contributed by atoms with van der Waals surface area (Å²) in [5, 5.41) is 0. The number of hydrogen-bond donors (Lipinski definition) is 0. The van der Waals surface area contributed by atoms with Crippen LogP contribution in [0.2, 0.25) is 0 Å². The minimum absolute atomic E-state index is 0.0212. The fourth-order valence-electron chi connectivity index (χ4n) is 3.31. The van der Waals surface area contributed by atoms with Crippen molar-refractivity contribution in [2.24, 2.45) is 0 Å². The molecule has 2 aromatic rings. The molecule has 0 radical (unpaired) electrons. The van der Waals surface area contributed by atoms with Crippen molar-refractivity contribution in [3.63, 3.8) is 0 Å². The molecule has 1 aliphatic heterocycles. The summed E-state index contributed by atoms with van der Waals surface area (Å²) in [4.78, 5) is 0.314. The fraction of sp³-hybridized carbons (Fsp3) is 0.400. The number of nitrogens with zero attached hydrogens (tertiary/aromatic N) is 1. The number of halogens is 1. The quantitative estimate of drug-likeness (QED) is 0.798. The number of rotatable bonds is 3. The van der Waals surface area contributed by atoms with Crippen LogP contribution in [0.3, 0.4) is 0 Å². The van der Waals surface area contributed by atoms with Gasteiger partial charge in [-0.25, -0.2) is 12.8 Å². The number of sulfonamides is 1. The monoisotopic (exact) mass is 361 g/mol. The van der Waals surface area contributed by atoms with Crippen molar-refractivity contribution in [3.05, 3.63) is 65.5 Å². The Labute approximate surface area is 149 Å². The van der Waals surface area contributed by atoms with Gasteiger partial charge in [0.25, 0.3) is 0 Å². The van der Waals surface area contributed by atoms with Gasteiger partial charge in [-0.3, -0.25) is 0 Å². The molecule has 0 N–H and O–H groups in total. The average Bonchev–Trinajstić information content (AvgIpc) is 3.05. The highest BCUT2D eigenvalue weighted by atomic mass is 32.2. The zero-order valence-electron chi connectivity index (χ0n) is 14.9. The summed E-state index contributed by atoms with van der Waals surface area (Å²) in [5.41, 5.74) is 1.92. The Balaban J connectivity index is 1.92. The van der Waals surface area contributed by atoms with Crippen molar-refractivity contribution in [3.8, 4) is 0 Å². The summed E-state index contributed by atoms with van der Waals surface area (Å²) in [5.74, 6) is -0.311. The molecule has 0 bridgehead atoms. The predicted octanol–water partition coefficient (Wildman–Crippen LogP) is 4.65. The first kappa shape index (κ1) is 18.1. The summed E-state index contributed by atoms with van der Waals surface area (Å²) in [6, 6.07) is 13.0. The lowest BCUT2D eigenvalue weighted by molar-refractivity contribution is 0.396. The van der Waals surface area contributed by atoms with Gasteiger partial charge in [-0.05, 0) is 53.6 Å². The molecule has 2 aromatic carbocycles. The number of hydrogen-bond acceptors (Lipinski definition) is 2. The third kappa shape index (κ3) is 3.62. The van der Waals surface area contributed by atoms with Crippen molar-refractivity contribution in [1.29, 1.82) is 0 Å².